The quantitative estimate of drug-likeness (QED) is 0.826. The first kappa shape index (κ1) is 10.3. The summed E-state index contributed by atoms with van der Waals surface area (Å²) in [6.07, 6.45) is 0. The monoisotopic (exact) mass is 245 g/mol. The zero-order valence-corrected chi connectivity index (χ0v) is 8.69. The molecule has 0 heterocycles. The third kappa shape index (κ3) is 2.60. The number of likely N-dealkylation sites (N-methyl/N-ethyl adjacent to an activating group) is 1. The number of carbonyl (C=O) groups is 1. The second-order valence-electron chi connectivity index (χ2n) is 2.58. The van der Waals surface area contributed by atoms with Gasteiger partial charge in [-0.15, -0.1) is 0 Å². The van der Waals surface area contributed by atoms with E-state index in [9.17, 15) is 9.18 Å². The Labute approximate surface area is 84.3 Å². The van der Waals surface area contributed by atoms with Crippen molar-refractivity contribution in [2.24, 2.45) is 0 Å². The molecule has 1 aromatic carbocycles. The van der Waals surface area contributed by atoms with Crippen LogP contribution in [0.1, 0.15) is 10.4 Å². The number of Topliss-reactive ketones (excluding diaryl/α,β-unsaturated/α-hetero) is 1. The molecule has 0 aliphatic carbocycles. The van der Waals surface area contributed by atoms with E-state index in [4.69, 9.17) is 0 Å². The van der Waals surface area contributed by atoms with E-state index in [0.29, 0.717) is 10.0 Å². The molecule has 2 nitrogen and oxygen atoms in total. The Bertz CT molecular complexity index is 327. The molecule has 0 aromatic heterocycles. The van der Waals surface area contributed by atoms with Crippen LogP contribution in [0.3, 0.4) is 0 Å². The molecule has 70 valence electrons. The molecule has 0 fully saturated rings. The van der Waals surface area contributed by atoms with Crippen LogP contribution < -0.4 is 5.32 Å². The predicted molar refractivity (Wildman–Crippen MR) is 52.4 cm³/mol. The van der Waals surface area contributed by atoms with Gasteiger partial charge in [-0.1, -0.05) is 0 Å². The summed E-state index contributed by atoms with van der Waals surface area (Å²) in [6.45, 7) is 0.262. The SMILES string of the molecule is CNCC(=O)c1ccc(F)c(Br)c1. The van der Waals surface area contributed by atoms with Crippen molar-refractivity contribution < 1.29 is 9.18 Å². The molecule has 13 heavy (non-hydrogen) atoms. The highest BCUT2D eigenvalue weighted by Gasteiger charge is 2.06. The summed E-state index contributed by atoms with van der Waals surface area (Å²) in [5, 5.41) is 2.74. The van der Waals surface area contributed by atoms with Crippen molar-refractivity contribution in [3.05, 3.63) is 34.1 Å². The molecule has 0 bridgehead atoms. The molecule has 0 saturated carbocycles. The number of halogens is 2. The van der Waals surface area contributed by atoms with Crippen LogP contribution in [0.25, 0.3) is 0 Å². The van der Waals surface area contributed by atoms with Crippen LogP contribution in [-0.2, 0) is 0 Å². The van der Waals surface area contributed by atoms with Crippen LogP contribution in [0.4, 0.5) is 4.39 Å². The molecule has 0 unspecified atom stereocenters. The lowest BCUT2D eigenvalue weighted by atomic mass is 10.1. The molecule has 0 aliphatic heterocycles. The van der Waals surface area contributed by atoms with E-state index in [1.165, 1.54) is 18.2 Å². The number of hydrogen-bond acceptors (Lipinski definition) is 2. The summed E-state index contributed by atoms with van der Waals surface area (Å²) in [6, 6.07) is 4.22. The summed E-state index contributed by atoms with van der Waals surface area (Å²) >= 11 is 3.02. The Morgan fingerprint density at radius 2 is 2.31 bits per heavy atom. The maximum Gasteiger partial charge on any atom is 0.176 e. The summed E-state index contributed by atoms with van der Waals surface area (Å²) in [5.41, 5.74) is 0.502. The first-order chi connectivity index (χ1) is 6.15. The van der Waals surface area contributed by atoms with Gasteiger partial charge < -0.3 is 5.32 Å². The van der Waals surface area contributed by atoms with Crippen LogP contribution in [0.15, 0.2) is 22.7 Å². The minimum Gasteiger partial charge on any atom is -0.313 e. The van der Waals surface area contributed by atoms with Gasteiger partial charge in [0.2, 0.25) is 0 Å². The van der Waals surface area contributed by atoms with E-state index < -0.39 is 0 Å². The van der Waals surface area contributed by atoms with Crippen molar-refractivity contribution in [2.75, 3.05) is 13.6 Å². The fraction of sp³-hybridized carbons (Fsp3) is 0.222. The van der Waals surface area contributed by atoms with E-state index in [2.05, 4.69) is 21.2 Å². The normalized spacial score (nSPS) is 10.1. The van der Waals surface area contributed by atoms with Crippen molar-refractivity contribution in [3.8, 4) is 0 Å². The van der Waals surface area contributed by atoms with Gasteiger partial charge in [0.15, 0.2) is 5.78 Å². The first-order valence-electron chi connectivity index (χ1n) is 3.78. The third-order valence-electron chi connectivity index (χ3n) is 1.58. The molecule has 0 atom stereocenters. The zero-order chi connectivity index (χ0) is 9.84. The second-order valence-corrected chi connectivity index (χ2v) is 3.44. The van der Waals surface area contributed by atoms with Crippen LogP contribution in [-0.4, -0.2) is 19.4 Å². The number of rotatable bonds is 3. The zero-order valence-electron chi connectivity index (χ0n) is 7.10. The highest BCUT2D eigenvalue weighted by molar-refractivity contribution is 9.10. The number of hydrogen-bond donors (Lipinski definition) is 1. The smallest absolute Gasteiger partial charge is 0.176 e. The van der Waals surface area contributed by atoms with E-state index >= 15 is 0 Å². The first-order valence-corrected chi connectivity index (χ1v) is 4.57. The van der Waals surface area contributed by atoms with Crippen LogP contribution in [0.5, 0.6) is 0 Å². The van der Waals surface area contributed by atoms with Gasteiger partial charge in [0.1, 0.15) is 5.82 Å². The van der Waals surface area contributed by atoms with Crippen LogP contribution in [0, 0.1) is 5.82 Å². The van der Waals surface area contributed by atoms with E-state index in [1.807, 2.05) is 0 Å². The summed E-state index contributed by atoms with van der Waals surface area (Å²) < 4.78 is 13.1. The van der Waals surface area contributed by atoms with Gasteiger partial charge in [0.05, 0.1) is 11.0 Å². The van der Waals surface area contributed by atoms with E-state index in [0.717, 1.165) is 0 Å². The Kier molecular flexibility index (Phi) is 3.57. The minimum atomic E-state index is -0.360. The topological polar surface area (TPSA) is 29.1 Å². The molecule has 0 saturated heterocycles. The van der Waals surface area contributed by atoms with Crippen molar-refractivity contribution in [1.29, 1.82) is 0 Å². The van der Waals surface area contributed by atoms with Crippen molar-refractivity contribution in [2.45, 2.75) is 0 Å². The molecular formula is C9H9BrFNO. The van der Waals surface area contributed by atoms with Gasteiger partial charge >= 0.3 is 0 Å². The fourth-order valence-electron chi connectivity index (χ4n) is 0.932. The Hall–Kier alpha value is -0.740. The van der Waals surface area contributed by atoms with E-state index in [1.54, 1.807) is 7.05 Å². The standard InChI is InChI=1S/C9H9BrFNO/c1-12-5-9(13)6-2-3-8(11)7(10)4-6/h2-4,12H,5H2,1H3. The number of carbonyl (C=O) groups excluding carboxylic acids is 1. The average molecular weight is 246 g/mol. The highest BCUT2D eigenvalue weighted by Crippen LogP contribution is 2.16. The highest BCUT2D eigenvalue weighted by atomic mass is 79.9. The average Bonchev–Trinajstić information content (AvgIpc) is 2.10. The molecule has 4 heteroatoms. The fourth-order valence-corrected chi connectivity index (χ4v) is 1.31. The predicted octanol–water partition coefficient (Wildman–Crippen LogP) is 1.99. The third-order valence-corrected chi connectivity index (χ3v) is 2.19. The largest absolute Gasteiger partial charge is 0.313 e. The van der Waals surface area contributed by atoms with Crippen molar-refractivity contribution in [3.63, 3.8) is 0 Å². The van der Waals surface area contributed by atoms with Gasteiger partial charge in [-0.2, -0.15) is 0 Å². The number of ketones is 1. The maximum atomic E-state index is 12.8. The lowest BCUT2D eigenvalue weighted by Crippen LogP contribution is -2.18. The van der Waals surface area contributed by atoms with Crippen molar-refractivity contribution >= 4 is 21.7 Å². The molecule has 0 aliphatic rings. The lowest BCUT2D eigenvalue weighted by Gasteiger charge is -2.00. The molecule has 1 rings (SSSR count). The molecule has 1 N–H and O–H groups in total. The van der Waals surface area contributed by atoms with Crippen LogP contribution in [0.2, 0.25) is 0 Å². The van der Waals surface area contributed by atoms with Gasteiger partial charge in [-0.05, 0) is 41.2 Å². The Morgan fingerprint density at radius 3 is 2.85 bits per heavy atom. The van der Waals surface area contributed by atoms with Gasteiger partial charge in [-0.25, -0.2) is 4.39 Å². The summed E-state index contributed by atoms with van der Waals surface area (Å²) in [5.74, 6) is -0.413. The molecule has 1 aromatic rings. The number of benzene rings is 1. The van der Waals surface area contributed by atoms with Crippen molar-refractivity contribution in [1.82, 2.24) is 5.32 Å². The van der Waals surface area contributed by atoms with Crippen LogP contribution >= 0.6 is 15.9 Å². The van der Waals surface area contributed by atoms with E-state index in [-0.39, 0.29) is 18.1 Å². The Balaban J connectivity index is 2.90. The van der Waals surface area contributed by atoms with Gasteiger partial charge in [0, 0.05) is 5.56 Å². The minimum absolute atomic E-state index is 0.0526. The lowest BCUT2D eigenvalue weighted by molar-refractivity contribution is 0.0993. The maximum absolute atomic E-state index is 12.8. The molecule has 0 spiro atoms. The summed E-state index contributed by atoms with van der Waals surface area (Å²) in [4.78, 5) is 11.3. The summed E-state index contributed by atoms with van der Waals surface area (Å²) in [7, 11) is 1.69. The molecule has 0 radical (unpaired) electrons. The molecule has 0 amide bonds. The van der Waals surface area contributed by atoms with Gasteiger partial charge in [0.25, 0.3) is 0 Å². The molecular weight excluding hydrogens is 237 g/mol. The second kappa shape index (κ2) is 4.48. The Morgan fingerprint density at radius 1 is 1.62 bits per heavy atom. The van der Waals surface area contributed by atoms with Gasteiger partial charge in [-0.3, -0.25) is 4.79 Å². The number of nitrogens with one attached hydrogen (secondary N) is 1.